The minimum Gasteiger partial charge on any atom is -0.369 e. The minimum atomic E-state index is -0.572. The van der Waals surface area contributed by atoms with E-state index in [0.717, 1.165) is 0 Å². The van der Waals surface area contributed by atoms with Gasteiger partial charge in [0.25, 0.3) is 5.91 Å². The average Bonchev–Trinajstić information content (AvgIpc) is 2.38. The smallest absolute Gasteiger partial charge is 0.257 e. The third-order valence-electron chi connectivity index (χ3n) is 3.71. The van der Waals surface area contributed by atoms with Gasteiger partial charge in [0.1, 0.15) is 5.82 Å². The number of likely N-dealkylation sites (tertiary alicyclic amines) is 1. The number of amides is 2. The Labute approximate surface area is 125 Å². The molecule has 1 saturated heterocycles. The molecule has 4 nitrogen and oxygen atoms in total. The number of nitrogens with zero attached hydrogens (tertiary/aromatic N) is 1. The van der Waals surface area contributed by atoms with Crippen molar-refractivity contribution >= 4 is 27.7 Å². The fourth-order valence-electron chi connectivity index (χ4n) is 2.44. The van der Waals surface area contributed by atoms with Gasteiger partial charge >= 0.3 is 0 Å². The summed E-state index contributed by atoms with van der Waals surface area (Å²) in [5.74, 6) is -1.73. The lowest BCUT2D eigenvalue weighted by Gasteiger charge is -2.37. The number of hydrogen-bond donors (Lipinski definition) is 1. The molecule has 0 aromatic heterocycles. The van der Waals surface area contributed by atoms with Crippen LogP contribution in [0.4, 0.5) is 4.39 Å². The lowest BCUT2D eigenvalue weighted by Crippen LogP contribution is -2.48. The molecule has 108 valence electrons. The molecule has 1 fully saturated rings. The molecule has 0 bridgehead atoms. The molecule has 2 N–H and O–H groups in total. The Balaban J connectivity index is 2.24. The van der Waals surface area contributed by atoms with Crippen LogP contribution in [0.2, 0.25) is 0 Å². The van der Waals surface area contributed by atoms with Gasteiger partial charge in [-0.25, -0.2) is 4.39 Å². The van der Waals surface area contributed by atoms with Gasteiger partial charge in [0.05, 0.1) is 11.5 Å². The Bertz CT molecular complexity index is 550. The average molecular weight is 343 g/mol. The van der Waals surface area contributed by atoms with Crippen molar-refractivity contribution in [3.8, 4) is 0 Å². The van der Waals surface area contributed by atoms with Crippen molar-refractivity contribution in [1.29, 1.82) is 0 Å². The highest BCUT2D eigenvalue weighted by atomic mass is 79.9. The summed E-state index contributed by atoms with van der Waals surface area (Å²) >= 11 is 3.16. The van der Waals surface area contributed by atoms with Crippen LogP contribution in [-0.2, 0) is 4.79 Å². The fraction of sp³-hybridized carbons (Fsp3) is 0.429. The first kappa shape index (κ1) is 15.0. The zero-order chi connectivity index (χ0) is 14.9. The molecule has 1 aromatic carbocycles. The molecule has 0 saturated carbocycles. The van der Waals surface area contributed by atoms with Gasteiger partial charge in [-0.2, -0.15) is 0 Å². The maximum absolute atomic E-state index is 13.9. The van der Waals surface area contributed by atoms with E-state index in [1.165, 1.54) is 17.0 Å². The molecule has 6 heteroatoms. The number of rotatable bonds is 2. The summed E-state index contributed by atoms with van der Waals surface area (Å²) in [4.78, 5) is 25.2. The molecular formula is C14H16BrFN2O2. The number of carbonyl (C=O) groups excluding carboxylic acids is 2. The quantitative estimate of drug-likeness (QED) is 0.896. The molecule has 20 heavy (non-hydrogen) atoms. The van der Waals surface area contributed by atoms with Gasteiger partial charge in [-0.1, -0.05) is 15.9 Å². The van der Waals surface area contributed by atoms with Gasteiger partial charge < -0.3 is 10.6 Å². The first-order valence-corrected chi connectivity index (χ1v) is 7.24. The summed E-state index contributed by atoms with van der Waals surface area (Å²) in [7, 11) is 0. The highest BCUT2D eigenvalue weighted by molar-refractivity contribution is 9.10. The molecule has 1 aliphatic rings. The van der Waals surface area contributed by atoms with E-state index in [4.69, 9.17) is 5.73 Å². The van der Waals surface area contributed by atoms with Crippen LogP contribution in [0.3, 0.4) is 0 Å². The van der Waals surface area contributed by atoms with Crippen LogP contribution in [0.15, 0.2) is 22.7 Å². The molecule has 2 rings (SSSR count). The van der Waals surface area contributed by atoms with Crippen LogP contribution < -0.4 is 5.73 Å². The van der Waals surface area contributed by atoms with Crippen molar-refractivity contribution in [2.24, 2.45) is 11.7 Å². The van der Waals surface area contributed by atoms with Crippen LogP contribution in [0.5, 0.6) is 0 Å². The van der Waals surface area contributed by atoms with Gasteiger partial charge in [0.2, 0.25) is 5.91 Å². The van der Waals surface area contributed by atoms with E-state index in [-0.39, 0.29) is 24.1 Å². The van der Waals surface area contributed by atoms with Crippen LogP contribution in [0.1, 0.15) is 30.1 Å². The number of benzene rings is 1. The maximum Gasteiger partial charge on any atom is 0.257 e. The lowest BCUT2D eigenvalue weighted by molar-refractivity contribution is -0.123. The SMILES string of the molecule is CC1CCC(C(N)=O)CN1C(=O)c1ccc(Br)cc1F. The second-order valence-corrected chi connectivity index (χ2v) is 6.02. The summed E-state index contributed by atoms with van der Waals surface area (Å²) in [6, 6.07) is 4.30. The summed E-state index contributed by atoms with van der Waals surface area (Å²) in [5, 5.41) is 0. The van der Waals surface area contributed by atoms with Crippen molar-refractivity contribution < 1.29 is 14.0 Å². The lowest BCUT2D eigenvalue weighted by atomic mass is 9.92. The summed E-state index contributed by atoms with van der Waals surface area (Å²) in [5.41, 5.74) is 5.32. The molecule has 1 aromatic rings. The van der Waals surface area contributed by atoms with Crippen molar-refractivity contribution in [3.05, 3.63) is 34.1 Å². The number of halogens is 2. The number of carbonyl (C=O) groups is 2. The number of primary amides is 1. The zero-order valence-corrected chi connectivity index (χ0v) is 12.7. The van der Waals surface area contributed by atoms with Crippen molar-refractivity contribution in [2.75, 3.05) is 6.54 Å². The second kappa shape index (κ2) is 5.91. The van der Waals surface area contributed by atoms with Crippen molar-refractivity contribution in [2.45, 2.75) is 25.8 Å². The highest BCUT2D eigenvalue weighted by Gasteiger charge is 2.32. The van der Waals surface area contributed by atoms with E-state index in [1.54, 1.807) is 6.07 Å². The molecule has 1 aliphatic heterocycles. The molecular weight excluding hydrogens is 327 g/mol. The van der Waals surface area contributed by atoms with Gasteiger partial charge in [0, 0.05) is 17.1 Å². The number of piperidine rings is 1. The Morgan fingerprint density at radius 3 is 2.70 bits per heavy atom. The van der Waals surface area contributed by atoms with E-state index in [9.17, 15) is 14.0 Å². The van der Waals surface area contributed by atoms with E-state index in [2.05, 4.69) is 15.9 Å². The summed E-state index contributed by atoms with van der Waals surface area (Å²) in [6.07, 6.45) is 1.36. The summed E-state index contributed by atoms with van der Waals surface area (Å²) in [6.45, 7) is 2.15. The monoisotopic (exact) mass is 342 g/mol. The van der Waals surface area contributed by atoms with E-state index < -0.39 is 17.6 Å². The first-order chi connectivity index (χ1) is 9.40. The van der Waals surface area contributed by atoms with Crippen molar-refractivity contribution in [1.82, 2.24) is 4.90 Å². The summed E-state index contributed by atoms with van der Waals surface area (Å²) < 4.78 is 14.4. The third-order valence-corrected chi connectivity index (χ3v) is 4.20. The predicted molar refractivity (Wildman–Crippen MR) is 76.5 cm³/mol. The van der Waals surface area contributed by atoms with Crippen molar-refractivity contribution in [3.63, 3.8) is 0 Å². The molecule has 2 atom stereocenters. The Morgan fingerprint density at radius 1 is 1.40 bits per heavy atom. The first-order valence-electron chi connectivity index (χ1n) is 6.45. The molecule has 2 amide bonds. The van der Waals surface area contributed by atoms with Gasteiger partial charge in [0.15, 0.2) is 0 Å². The van der Waals surface area contributed by atoms with Crippen LogP contribution >= 0.6 is 15.9 Å². The number of nitrogens with two attached hydrogens (primary N) is 1. The Morgan fingerprint density at radius 2 is 2.10 bits per heavy atom. The largest absolute Gasteiger partial charge is 0.369 e. The van der Waals surface area contributed by atoms with E-state index in [0.29, 0.717) is 17.3 Å². The van der Waals surface area contributed by atoms with Crippen LogP contribution in [-0.4, -0.2) is 29.3 Å². The molecule has 2 unspecified atom stereocenters. The Kier molecular flexibility index (Phi) is 4.42. The Hall–Kier alpha value is -1.43. The zero-order valence-electron chi connectivity index (χ0n) is 11.1. The molecule has 1 heterocycles. The number of hydrogen-bond acceptors (Lipinski definition) is 2. The molecule has 0 spiro atoms. The second-order valence-electron chi connectivity index (χ2n) is 5.11. The van der Waals surface area contributed by atoms with Crippen LogP contribution in [0, 0.1) is 11.7 Å². The van der Waals surface area contributed by atoms with Gasteiger partial charge in [-0.05, 0) is 38.0 Å². The minimum absolute atomic E-state index is 0.0187. The fourth-order valence-corrected chi connectivity index (χ4v) is 2.77. The molecule has 0 radical (unpaired) electrons. The topological polar surface area (TPSA) is 63.4 Å². The predicted octanol–water partition coefficient (Wildman–Crippen LogP) is 2.31. The van der Waals surface area contributed by atoms with E-state index in [1.807, 2.05) is 6.92 Å². The van der Waals surface area contributed by atoms with Gasteiger partial charge in [-0.3, -0.25) is 9.59 Å². The standard InChI is InChI=1S/C14H16BrFN2O2/c1-8-2-3-9(13(17)19)7-18(8)14(20)11-5-4-10(15)6-12(11)16/h4-6,8-9H,2-3,7H2,1H3,(H2,17,19). The van der Waals surface area contributed by atoms with Crippen LogP contribution in [0.25, 0.3) is 0 Å². The van der Waals surface area contributed by atoms with E-state index >= 15 is 0 Å². The molecule has 0 aliphatic carbocycles. The highest BCUT2D eigenvalue weighted by Crippen LogP contribution is 2.25. The maximum atomic E-state index is 13.9. The normalized spacial score (nSPS) is 22.6. The third kappa shape index (κ3) is 3.00. The van der Waals surface area contributed by atoms with Gasteiger partial charge in [-0.15, -0.1) is 0 Å².